The van der Waals surface area contributed by atoms with E-state index >= 15 is 0 Å². The minimum Gasteiger partial charge on any atom is -0.497 e. The van der Waals surface area contributed by atoms with E-state index in [9.17, 15) is 0 Å². The van der Waals surface area contributed by atoms with Crippen LogP contribution < -0.4 is 19.7 Å². The Labute approximate surface area is 187 Å². The smallest absolute Gasteiger partial charge is 0.232 e. The fourth-order valence-corrected chi connectivity index (χ4v) is 3.51. The van der Waals surface area contributed by atoms with Gasteiger partial charge in [0.25, 0.3) is 0 Å². The van der Waals surface area contributed by atoms with Crippen LogP contribution >= 0.6 is 0 Å². The molecular formula is C23H28N6O3. The largest absolute Gasteiger partial charge is 0.497 e. The molecule has 9 heteroatoms. The van der Waals surface area contributed by atoms with Crippen molar-refractivity contribution in [1.29, 1.82) is 0 Å². The maximum atomic E-state index is 9.12. The molecule has 1 aliphatic rings. The molecule has 32 heavy (non-hydrogen) atoms. The Bertz CT molecular complexity index is 1020. The standard InChI is InChI=1S/C23H28N6O3/c1-17-24-22(27-23(25-17)29-12-10-28(11-13-29)14-15-30)26-18-6-8-19(9-7-18)32-21-5-3-4-20(16-21)31-2/h3-9,16,30H,10-15H2,1-2H3,(H,24,25,26,27). The second-order valence-electron chi connectivity index (χ2n) is 7.49. The number of rotatable bonds is 8. The molecule has 0 unspecified atom stereocenters. The van der Waals surface area contributed by atoms with Gasteiger partial charge in [-0.05, 0) is 43.3 Å². The highest BCUT2D eigenvalue weighted by Crippen LogP contribution is 2.27. The number of hydrogen-bond acceptors (Lipinski definition) is 9. The summed E-state index contributed by atoms with van der Waals surface area (Å²) in [5.74, 6) is 4.01. The fourth-order valence-electron chi connectivity index (χ4n) is 3.51. The molecule has 1 aromatic heterocycles. The summed E-state index contributed by atoms with van der Waals surface area (Å²) in [6.07, 6.45) is 0. The number of piperazine rings is 1. The Morgan fingerprint density at radius 2 is 1.69 bits per heavy atom. The van der Waals surface area contributed by atoms with E-state index in [-0.39, 0.29) is 6.61 Å². The summed E-state index contributed by atoms with van der Waals surface area (Å²) in [6, 6.07) is 15.1. The van der Waals surface area contributed by atoms with Crippen LogP contribution in [0.1, 0.15) is 5.82 Å². The number of ether oxygens (including phenoxy) is 2. The third-order valence-corrected chi connectivity index (χ3v) is 5.19. The van der Waals surface area contributed by atoms with Crippen LogP contribution in [-0.2, 0) is 0 Å². The lowest BCUT2D eigenvalue weighted by molar-refractivity contribution is 0.188. The lowest BCUT2D eigenvalue weighted by Crippen LogP contribution is -2.47. The number of aromatic nitrogens is 3. The van der Waals surface area contributed by atoms with Crippen LogP contribution in [0.4, 0.5) is 17.6 Å². The zero-order valence-electron chi connectivity index (χ0n) is 18.4. The third-order valence-electron chi connectivity index (χ3n) is 5.19. The van der Waals surface area contributed by atoms with E-state index in [4.69, 9.17) is 14.6 Å². The number of aliphatic hydroxyl groups is 1. The van der Waals surface area contributed by atoms with Gasteiger partial charge in [-0.2, -0.15) is 15.0 Å². The van der Waals surface area contributed by atoms with Crippen LogP contribution in [0.5, 0.6) is 17.2 Å². The quantitative estimate of drug-likeness (QED) is 0.552. The normalized spacial score (nSPS) is 14.3. The SMILES string of the molecule is COc1cccc(Oc2ccc(Nc3nc(C)nc(N4CCN(CCO)CC4)n3)cc2)c1. The van der Waals surface area contributed by atoms with E-state index in [1.165, 1.54) is 0 Å². The molecule has 2 heterocycles. The number of aliphatic hydroxyl groups excluding tert-OH is 1. The van der Waals surface area contributed by atoms with Gasteiger partial charge in [-0.25, -0.2) is 0 Å². The number of nitrogens with one attached hydrogen (secondary N) is 1. The summed E-state index contributed by atoms with van der Waals surface area (Å²) in [5.41, 5.74) is 0.854. The van der Waals surface area contributed by atoms with Crippen molar-refractivity contribution in [2.75, 3.05) is 56.7 Å². The molecule has 2 N–H and O–H groups in total. The molecule has 9 nitrogen and oxygen atoms in total. The van der Waals surface area contributed by atoms with Gasteiger partial charge >= 0.3 is 0 Å². The maximum absolute atomic E-state index is 9.12. The number of anilines is 3. The van der Waals surface area contributed by atoms with E-state index in [2.05, 4.69) is 30.1 Å². The van der Waals surface area contributed by atoms with E-state index < -0.39 is 0 Å². The predicted octanol–water partition coefficient (Wildman–Crippen LogP) is 2.84. The van der Waals surface area contributed by atoms with Gasteiger partial charge in [-0.3, -0.25) is 4.90 Å². The number of benzene rings is 2. The lowest BCUT2D eigenvalue weighted by Gasteiger charge is -2.34. The van der Waals surface area contributed by atoms with Crippen molar-refractivity contribution in [3.8, 4) is 17.2 Å². The van der Waals surface area contributed by atoms with Gasteiger partial charge in [0.1, 0.15) is 23.1 Å². The van der Waals surface area contributed by atoms with Crippen molar-refractivity contribution in [1.82, 2.24) is 19.9 Å². The number of nitrogens with zero attached hydrogens (tertiary/aromatic N) is 5. The maximum Gasteiger partial charge on any atom is 0.232 e. The molecule has 168 valence electrons. The van der Waals surface area contributed by atoms with Gasteiger partial charge < -0.3 is 24.8 Å². The van der Waals surface area contributed by atoms with Crippen molar-refractivity contribution < 1.29 is 14.6 Å². The van der Waals surface area contributed by atoms with E-state index in [1.807, 2.05) is 55.5 Å². The molecular weight excluding hydrogens is 408 g/mol. The van der Waals surface area contributed by atoms with Crippen LogP contribution in [0.3, 0.4) is 0 Å². The second kappa shape index (κ2) is 10.3. The average molecular weight is 437 g/mol. The minimum atomic E-state index is 0.183. The Morgan fingerprint density at radius 1 is 0.938 bits per heavy atom. The van der Waals surface area contributed by atoms with Crippen molar-refractivity contribution in [2.45, 2.75) is 6.92 Å². The van der Waals surface area contributed by atoms with Gasteiger partial charge in [0, 0.05) is 44.5 Å². The van der Waals surface area contributed by atoms with Gasteiger partial charge in [0.15, 0.2) is 0 Å². The van der Waals surface area contributed by atoms with Crippen molar-refractivity contribution in [3.05, 3.63) is 54.4 Å². The summed E-state index contributed by atoms with van der Waals surface area (Å²) < 4.78 is 11.1. The number of β-amino-alcohol motifs (C(OH)–C–C–N with tert-alkyl or cyclic N) is 1. The molecule has 0 bridgehead atoms. The zero-order valence-corrected chi connectivity index (χ0v) is 18.4. The van der Waals surface area contributed by atoms with Crippen LogP contribution in [0.25, 0.3) is 0 Å². The average Bonchev–Trinajstić information content (AvgIpc) is 2.81. The summed E-state index contributed by atoms with van der Waals surface area (Å²) in [6.45, 7) is 6.14. The Morgan fingerprint density at radius 3 is 2.41 bits per heavy atom. The first-order chi connectivity index (χ1) is 15.6. The first kappa shape index (κ1) is 21.8. The Balaban J connectivity index is 1.40. The van der Waals surface area contributed by atoms with Crippen LogP contribution in [-0.4, -0.2) is 71.4 Å². The second-order valence-corrected chi connectivity index (χ2v) is 7.49. The van der Waals surface area contributed by atoms with Crippen molar-refractivity contribution in [2.24, 2.45) is 0 Å². The summed E-state index contributed by atoms with van der Waals surface area (Å²) >= 11 is 0. The Kier molecular flexibility index (Phi) is 6.98. The summed E-state index contributed by atoms with van der Waals surface area (Å²) in [7, 11) is 1.63. The topological polar surface area (TPSA) is 95.9 Å². The molecule has 1 aliphatic heterocycles. The number of aryl methyl sites for hydroxylation is 1. The molecule has 0 saturated carbocycles. The molecule has 2 aromatic carbocycles. The highest BCUT2D eigenvalue weighted by molar-refractivity contribution is 5.56. The van der Waals surface area contributed by atoms with E-state index in [1.54, 1.807) is 7.11 Å². The molecule has 0 spiro atoms. The number of hydrogen-bond donors (Lipinski definition) is 2. The number of methoxy groups -OCH3 is 1. The van der Waals surface area contributed by atoms with Crippen molar-refractivity contribution in [3.63, 3.8) is 0 Å². The lowest BCUT2D eigenvalue weighted by atomic mass is 10.3. The molecule has 4 rings (SSSR count). The molecule has 3 aromatic rings. The highest BCUT2D eigenvalue weighted by Gasteiger charge is 2.19. The van der Waals surface area contributed by atoms with E-state index in [0.717, 1.165) is 43.4 Å². The molecule has 0 amide bonds. The molecule has 0 atom stereocenters. The molecule has 0 aliphatic carbocycles. The Hall–Kier alpha value is -3.43. The summed E-state index contributed by atoms with van der Waals surface area (Å²) in [5, 5.41) is 12.4. The fraction of sp³-hybridized carbons (Fsp3) is 0.348. The van der Waals surface area contributed by atoms with Crippen LogP contribution in [0, 0.1) is 6.92 Å². The minimum absolute atomic E-state index is 0.183. The zero-order chi connectivity index (χ0) is 22.3. The third kappa shape index (κ3) is 5.63. The van der Waals surface area contributed by atoms with Gasteiger partial charge in [-0.1, -0.05) is 6.07 Å². The van der Waals surface area contributed by atoms with Crippen molar-refractivity contribution >= 4 is 17.6 Å². The van der Waals surface area contributed by atoms with Gasteiger partial charge in [0.2, 0.25) is 11.9 Å². The van der Waals surface area contributed by atoms with Crippen LogP contribution in [0.2, 0.25) is 0 Å². The summed E-state index contributed by atoms with van der Waals surface area (Å²) in [4.78, 5) is 17.9. The van der Waals surface area contributed by atoms with Gasteiger partial charge in [0.05, 0.1) is 13.7 Å². The predicted molar refractivity (Wildman–Crippen MR) is 123 cm³/mol. The van der Waals surface area contributed by atoms with E-state index in [0.29, 0.717) is 30.0 Å². The van der Waals surface area contributed by atoms with Crippen LogP contribution in [0.15, 0.2) is 48.5 Å². The first-order valence-corrected chi connectivity index (χ1v) is 10.6. The van der Waals surface area contributed by atoms with Gasteiger partial charge in [-0.15, -0.1) is 0 Å². The molecule has 1 fully saturated rings. The molecule has 1 saturated heterocycles. The molecule has 0 radical (unpaired) electrons. The first-order valence-electron chi connectivity index (χ1n) is 10.6. The highest BCUT2D eigenvalue weighted by atomic mass is 16.5. The monoisotopic (exact) mass is 436 g/mol.